The minimum Gasteiger partial charge on any atom is -0.463 e. The molecule has 59 heavy (non-hydrogen) atoms. The van der Waals surface area contributed by atoms with Crippen LogP contribution in [0.1, 0.15) is 88.0 Å². The molecule has 17 heteroatoms. The summed E-state index contributed by atoms with van der Waals surface area (Å²) in [5, 5.41) is 12.8. The summed E-state index contributed by atoms with van der Waals surface area (Å²) >= 11 is 5.70. The predicted molar refractivity (Wildman–Crippen MR) is 211 cm³/mol. The largest absolute Gasteiger partial charge is 0.463 e. The van der Waals surface area contributed by atoms with Crippen molar-refractivity contribution >= 4 is 41.1 Å². The molecule has 4 aliphatic heterocycles. The van der Waals surface area contributed by atoms with Gasteiger partial charge in [0.15, 0.2) is 30.4 Å². The Morgan fingerprint density at radius 1 is 0.763 bits per heavy atom. The summed E-state index contributed by atoms with van der Waals surface area (Å²) < 4.78 is 53.0. The fourth-order valence-electron chi connectivity index (χ4n) is 7.91. The molecular weight excluding hydrogens is 789 g/mol. The minimum absolute atomic E-state index is 0.0242. The number of aliphatic hydroxyl groups excluding tert-OH is 1. The molecule has 4 saturated heterocycles. The van der Waals surface area contributed by atoms with E-state index < -0.39 is 66.5 Å². The van der Waals surface area contributed by atoms with Gasteiger partial charge in [-0.05, 0) is 16.7 Å². The van der Waals surface area contributed by atoms with Crippen molar-refractivity contribution in [3.8, 4) is 0 Å². The molecular formula is C42H54N2O14S. The Morgan fingerprint density at radius 3 is 1.93 bits per heavy atom. The molecule has 0 aliphatic carbocycles. The third kappa shape index (κ3) is 12.3. The van der Waals surface area contributed by atoms with Gasteiger partial charge < -0.3 is 58.0 Å². The molecule has 4 fully saturated rings. The topological polar surface area (TPSA) is 187 Å². The van der Waals surface area contributed by atoms with Gasteiger partial charge >= 0.3 is 23.9 Å². The number of carbonyl (C=O) groups is 4. The van der Waals surface area contributed by atoms with Gasteiger partial charge in [-0.2, -0.15) is 0 Å². The van der Waals surface area contributed by atoms with Crippen molar-refractivity contribution in [2.45, 2.75) is 121 Å². The van der Waals surface area contributed by atoms with E-state index in [2.05, 4.69) is 10.2 Å². The van der Waals surface area contributed by atoms with E-state index in [-0.39, 0.29) is 31.8 Å². The zero-order valence-electron chi connectivity index (χ0n) is 33.8. The first kappa shape index (κ1) is 44.5. The number of nitrogens with one attached hydrogen (secondary N) is 1. The summed E-state index contributed by atoms with van der Waals surface area (Å²) in [6.45, 7) is 8.43. The highest BCUT2D eigenvalue weighted by Gasteiger charge is 2.52. The standard InChI is InChI=1S/C42H54N2O14S/c1-25(46)50-24-36-39(54-27(3)48)40(55-28(4)49)38(53-26(2)47)35(57-36)20-37(59)43-21-29-5-11-32(12-6-29)41-56-33(19-34(58-41)31-9-7-30(23-45)8-10-31)22-44-15-13-42(14-16-44)51-17-18-52-42/h5-12,33-36,38-41,45H,13-24H2,1-4H3,(H,43,59). The zero-order valence-corrected chi connectivity index (χ0v) is 34.6. The second-order valence-electron chi connectivity index (χ2n) is 15.2. The minimum atomic E-state index is -1.27. The zero-order chi connectivity index (χ0) is 42.1. The maximum absolute atomic E-state index is 12.2. The molecule has 0 amide bonds. The molecule has 8 unspecified atom stereocenters. The third-order valence-electron chi connectivity index (χ3n) is 10.7. The molecule has 2 aromatic carbocycles. The molecule has 2 N–H and O–H groups in total. The molecule has 4 heterocycles. The molecule has 0 radical (unpaired) electrons. The van der Waals surface area contributed by atoms with Crippen LogP contribution in [-0.2, 0) is 75.0 Å². The van der Waals surface area contributed by atoms with Crippen LogP contribution in [0, 0.1) is 0 Å². The summed E-state index contributed by atoms with van der Waals surface area (Å²) in [5.41, 5.74) is 3.59. The predicted octanol–water partition coefficient (Wildman–Crippen LogP) is 3.50. The average Bonchev–Trinajstić information content (AvgIpc) is 3.67. The number of piperidine rings is 1. The van der Waals surface area contributed by atoms with E-state index in [1.54, 1.807) is 0 Å². The van der Waals surface area contributed by atoms with E-state index in [0.717, 1.165) is 54.7 Å². The molecule has 1 spiro atoms. The van der Waals surface area contributed by atoms with E-state index >= 15 is 0 Å². The van der Waals surface area contributed by atoms with Gasteiger partial charge in [-0.25, -0.2) is 0 Å². The molecule has 2 aromatic rings. The monoisotopic (exact) mass is 842 g/mol. The number of benzene rings is 2. The van der Waals surface area contributed by atoms with Gasteiger partial charge in [-0.15, -0.1) is 0 Å². The number of aliphatic hydroxyl groups is 1. The lowest BCUT2D eigenvalue weighted by Crippen LogP contribution is -2.62. The summed E-state index contributed by atoms with van der Waals surface area (Å²) in [7, 11) is 0. The van der Waals surface area contributed by atoms with Crippen molar-refractivity contribution in [1.29, 1.82) is 0 Å². The van der Waals surface area contributed by atoms with E-state index in [9.17, 15) is 24.3 Å². The number of thiocarbonyl (C=S) groups is 1. The quantitative estimate of drug-likeness (QED) is 0.160. The number of ether oxygens (including phenoxy) is 9. The van der Waals surface area contributed by atoms with Crippen LogP contribution >= 0.6 is 12.2 Å². The first-order valence-corrected chi connectivity index (χ1v) is 20.4. The smallest absolute Gasteiger partial charge is 0.303 e. The normalized spacial score (nSPS) is 28.0. The first-order valence-electron chi connectivity index (χ1n) is 20.0. The van der Waals surface area contributed by atoms with Gasteiger partial charge in [-0.3, -0.25) is 19.2 Å². The molecule has 0 saturated carbocycles. The van der Waals surface area contributed by atoms with Crippen LogP contribution in [-0.4, -0.2) is 121 Å². The highest BCUT2D eigenvalue weighted by atomic mass is 32.1. The second-order valence-corrected chi connectivity index (χ2v) is 15.7. The number of hydrogen-bond acceptors (Lipinski definition) is 16. The SMILES string of the molecule is CC(=O)OCC1OC(CC(=S)NCc2ccc(C3OC(CN4CCC5(CC4)OCCO5)CC(c4ccc(CO)cc4)O3)cc2)C(OC(C)=O)C(OC(C)=O)C1OC(C)=O. The van der Waals surface area contributed by atoms with Crippen LogP contribution in [0.2, 0.25) is 0 Å². The van der Waals surface area contributed by atoms with Crippen LogP contribution in [0.3, 0.4) is 0 Å². The molecule has 6 rings (SSSR count). The van der Waals surface area contributed by atoms with E-state index in [0.29, 0.717) is 31.2 Å². The summed E-state index contributed by atoms with van der Waals surface area (Å²) in [6, 6.07) is 15.6. The van der Waals surface area contributed by atoms with Crippen molar-refractivity contribution in [2.24, 2.45) is 0 Å². The van der Waals surface area contributed by atoms with E-state index in [1.165, 1.54) is 27.7 Å². The Labute approximate surface area is 349 Å². The Hall–Kier alpha value is -4.07. The van der Waals surface area contributed by atoms with E-state index in [4.69, 9.17) is 54.8 Å². The summed E-state index contributed by atoms with van der Waals surface area (Å²) in [6.07, 6.45) is -4.38. The van der Waals surface area contributed by atoms with Crippen LogP contribution in [0.4, 0.5) is 0 Å². The van der Waals surface area contributed by atoms with Crippen LogP contribution in [0.5, 0.6) is 0 Å². The molecule has 16 nitrogen and oxygen atoms in total. The number of likely N-dealkylation sites (tertiary alicyclic amines) is 1. The maximum atomic E-state index is 12.2. The highest BCUT2D eigenvalue weighted by Crippen LogP contribution is 2.39. The van der Waals surface area contributed by atoms with Crippen molar-refractivity contribution in [3.63, 3.8) is 0 Å². The fourth-order valence-corrected chi connectivity index (χ4v) is 8.15. The number of rotatable bonds is 14. The summed E-state index contributed by atoms with van der Waals surface area (Å²) in [4.78, 5) is 50.9. The molecule has 8 atom stereocenters. The number of nitrogens with zero attached hydrogens (tertiary/aromatic N) is 1. The Morgan fingerprint density at radius 2 is 1.34 bits per heavy atom. The van der Waals surface area contributed by atoms with Crippen LogP contribution in [0.15, 0.2) is 48.5 Å². The van der Waals surface area contributed by atoms with Gasteiger partial charge in [0.2, 0.25) is 0 Å². The lowest BCUT2D eigenvalue weighted by Gasteiger charge is -2.44. The molecule has 0 bridgehead atoms. The van der Waals surface area contributed by atoms with Crippen LogP contribution in [0.25, 0.3) is 0 Å². The number of esters is 4. The fraction of sp³-hybridized carbons (Fsp3) is 0.595. The number of carbonyl (C=O) groups excluding carboxylic acids is 4. The average molecular weight is 843 g/mol. The second kappa shape index (κ2) is 20.5. The maximum Gasteiger partial charge on any atom is 0.303 e. The molecule has 0 aromatic heterocycles. The lowest BCUT2D eigenvalue weighted by molar-refractivity contribution is -0.255. The van der Waals surface area contributed by atoms with Gasteiger partial charge in [0.1, 0.15) is 18.8 Å². The van der Waals surface area contributed by atoms with E-state index in [1.807, 2.05) is 48.5 Å². The van der Waals surface area contributed by atoms with Gasteiger partial charge in [-0.1, -0.05) is 60.7 Å². The van der Waals surface area contributed by atoms with Crippen molar-refractivity contribution in [3.05, 3.63) is 70.8 Å². The molecule has 322 valence electrons. The lowest BCUT2D eigenvalue weighted by atomic mass is 9.92. The van der Waals surface area contributed by atoms with Gasteiger partial charge in [0, 0.05) is 85.1 Å². The third-order valence-corrected chi connectivity index (χ3v) is 11.0. The van der Waals surface area contributed by atoms with Crippen LogP contribution < -0.4 is 5.32 Å². The van der Waals surface area contributed by atoms with Crippen molar-refractivity contribution in [2.75, 3.05) is 39.5 Å². The Bertz CT molecular complexity index is 1760. The van der Waals surface area contributed by atoms with Crippen molar-refractivity contribution < 1.29 is 66.9 Å². The van der Waals surface area contributed by atoms with Gasteiger partial charge in [0.05, 0.1) is 37.0 Å². The summed E-state index contributed by atoms with van der Waals surface area (Å²) in [5.74, 6) is -3.16. The Kier molecular flexibility index (Phi) is 15.4. The number of hydrogen-bond donors (Lipinski definition) is 2. The highest BCUT2D eigenvalue weighted by molar-refractivity contribution is 7.80. The van der Waals surface area contributed by atoms with Gasteiger partial charge in [0.25, 0.3) is 0 Å². The first-order chi connectivity index (χ1) is 28.3. The molecule has 4 aliphatic rings. The Balaban J connectivity index is 1.11. The van der Waals surface area contributed by atoms with Crippen molar-refractivity contribution in [1.82, 2.24) is 10.2 Å².